The highest BCUT2D eigenvalue weighted by Crippen LogP contribution is 2.27. The Morgan fingerprint density at radius 1 is 1.32 bits per heavy atom. The molecule has 0 aliphatic carbocycles. The van der Waals surface area contributed by atoms with Crippen LogP contribution in [0.1, 0.15) is 34.1 Å². The maximum absolute atomic E-state index is 12.1. The molecule has 1 aliphatic rings. The number of nitrogens with zero attached hydrogens (tertiary/aromatic N) is 1. The minimum Gasteiger partial charge on any atom is -0.466 e. The van der Waals surface area contributed by atoms with Crippen molar-refractivity contribution >= 4 is 23.5 Å². The normalized spacial score (nSPS) is 13.6. The Balaban J connectivity index is 2.15. The second-order valence-corrected chi connectivity index (χ2v) is 4.09. The van der Waals surface area contributed by atoms with Crippen molar-refractivity contribution in [1.29, 1.82) is 0 Å². The molecule has 1 aromatic rings. The van der Waals surface area contributed by atoms with Crippen LogP contribution in [0.2, 0.25) is 0 Å². The first-order chi connectivity index (χ1) is 9.06. The van der Waals surface area contributed by atoms with Gasteiger partial charge in [0.15, 0.2) is 0 Å². The van der Waals surface area contributed by atoms with Gasteiger partial charge in [-0.25, -0.2) is 0 Å². The van der Waals surface area contributed by atoms with Crippen molar-refractivity contribution in [1.82, 2.24) is 4.90 Å². The fraction of sp³-hybridized carbons (Fsp3) is 0.308. The van der Waals surface area contributed by atoms with Gasteiger partial charge in [-0.1, -0.05) is 6.07 Å². The summed E-state index contributed by atoms with van der Waals surface area (Å²) >= 11 is 0. The molecule has 0 saturated heterocycles. The van der Waals surface area contributed by atoms with E-state index >= 15 is 0 Å². The molecular weight excluding hydrogens is 248 g/mol. The molecule has 6 heteroatoms. The molecule has 0 aromatic heterocycles. The van der Waals surface area contributed by atoms with E-state index in [1.807, 2.05) is 0 Å². The zero-order chi connectivity index (χ0) is 14.0. The van der Waals surface area contributed by atoms with Gasteiger partial charge < -0.3 is 10.5 Å². The summed E-state index contributed by atoms with van der Waals surface area (Å²) in [5, 5.41) is 0. The van der Waals surface area contributed by atoms with Crippen LogP contribution in [0.3, 0.4) is 0 Å². The van der Waals surface area contributed by atoms with Gasteiger partial charge in [-0.05, 0) is 19.1 Å². The van der Waals surface area contributed by atoms with E-state index in [4.69, 9.17) is 10.5 Å². The molecule has 0 radical (unpaired) electrons. The smallest absolute Gasteiger partial charge is 0.307 e. The molecule has 0 atom stereocenters. The van der Waals surface area contributed by atoms with Crippen LogP contribution in [-0.4, -0.2) is 35.8 Å². The Hall–Kier alpha value is -2.37. The number of rotatable bonds is 4. The third-order valence-corrected chi connectivity index (χ3v) is 2.88. The molecule has 2 N–H and O–H groups in total. The van der Waals surface area contributed by atoms with Gasteiger partial charge in [-0.2, -0.15) is 0 Å². The van der Waals surface area contributed by atoms with Gasteiger partial charge in [0.05, 0.1) is 24.2 Å². The van der Waals surface area contributed by atoms with E-state index in [1.54, 1.807) is 25.1 Å². The number of carbonyl (C=O) groups excluding carboxylic acids is 3. The van der Waals surface area contributed by atoms with Crippen molar-refractivity contribution in [3.63, 3.8) is 0 Å². The minimum absolute atomic E-state index is 0.00458. The number of ether oxygens (including phenoxy) is 1. The molecule has 2 amide bonds. The van der Waals surface area contributed by atoms with Crippen molar-refractivity contribution in [2.45, 2.75) is 13.3 Å². The Morgan fingerprint density at radius 3 is 2.68 bits per heavy atom. The lowest BCUT2D eigenvalue weighted by Crippen LogP contribution is -2.32. The van der Waals surface area contributed by atoms with Gasteiger partial charge in [0.1, 0.15) is 0 Å². The van der Waals surface area contributed by atoms with Gasteiger partial charge >= 0.3 is 5.97 Å². The molecule has 1 aliphatic heterocycles. The number of imide groups is 1. The maximum atomic E-state index is 12.1. The number of nitrogen functional groups attached to an aromatic ring is 1. The highest BCUT2D eigenvalue weighted by Gasteiger charge is 2.36. The maximum Gasteiger partial charge on any atom is 0.307 e. The summed E-state index contributed by atoms with van der Waals surface area (Å²) in [6.45, 7) is 1.97. The predicted octanol–water partition coefficient (Wildman–Crippen LogP) is 0.818. The average molecular weight is 262 g/mol. The molecule has 0 spiro atoms. The van der Waals surface area contributed by atoms with Gasteiger partial charge in [0, 0.05) is 12.2 Å². The quantitative estimate of drug-likeness (QED) is 0.493. The Bertz CT molecular complexity index is 554. The lowest BCUT2D eigenvalue weighted by atomic mass is 10.1. The Morgan fingerprint density at radius 2 is 2.05 bits per heavy atom. The van der Waals surface area contributed by atoms with E-state index in [9.17, 15) is 14.4 Å². The van der Waals surface area contributed by atoms with Gasteiger partial charge in [-0.3, -0.25) is 19.3 Å². The average Bonchev–Trinajstić information content (AvgIpc) is 2.61. The molecule has 0 fully saturated rings. The van der Waals surface area contributed by atoms with E-state index in [0.717, 1.165) is 4.90 Å². The fourth-order valence-electron chi connectivity index (χ4n) is 2.00. The standard InChI is InChI=1S/C13H14N2O4/c1-2-19-10(16)6-7-15-12(17)8-4-3-5-9(14)11(8)13(15)18/h3-5H,2,6-7,14H2,1H3. The highest BCUT2D eigenvalue weighted by molar-refractivity contribution is 6.23. The number of nitrogens with two attached hydrogens (primary N) is 1. The Kier molecular flexibility index (Phi) is 3.50. The van der Waals surface area contributed by atoms with Crippen LogP contribution < -0.4 is 5.73 Å². The molecule has 0 unspecified atom stereocenters. The first-order valence-electron chi connectivity index (χ1n) is 5.96. The lowest BCUT2D eigenvalue weighted by Gasteiger charge is -2.12. The number of benzene rings is 1. The summed E-state index contributed by atoms with van der Waals surface area (Å²) in [6, 6.07) is 4.74. The number of anilines is 1. The van der Waals surface area contributed by atoms with Crippen molar-refractivity contribution in [2.24, 2.45) is 0 Å². The third-order valence-electron chi connectivity index (χ3n) is 2.88. The SMILES string of the molecule is CCOC(=O)CCN1C(=O)c2cccc(N)c2C1=O. The van der Waals surface area contributed by atoms with E-state index < -0.39 is 17.8 Å². The predicted molar refractivity (Wildman–Crippen MR) is 67.5 cm³/mol. The topological polar surface area (TPSA) is 89.7 Å². The largest absolute Gasteiger partial charge is 0.466 e. The van der Waals surface area contributed by atoms with Crippen molar-refractivity contribution in [2.75, 3.05) is 18.9 Å². The molecule has 100 valence electrons. The summed E-state index contributed by atoms with van der Waals surface area (Å²) in [4.78, 5) is 36.4. The molecule has 19 heavy (non-hydrogen) atoms. The monoisotopic (exact) mass is 262 g/mol. The summed E-state index contributed by atoms with van der Waals surface area (Å²) in [5.41, 5.74) is 6.48. The fourth-order valence-corrected chi connectivity index (χ4v) is 2.00. The first-order valence-corrected chi connectivity index (χ1v) is 5.96. The molecule has 6 nitrogen and oxygen atoms in total. The van der Waals surface area contributed by atoms with Gasteiger partial charge in [0.25, 0.3) is 11.8 Å². The van der Waals surface area contributed by atoms with Gasteiger partial charge in [0.2, 0.25) is 0 Å². The van der Waals surface area contributed by atoms with Crippen LogP contribution in [0.5, 0.6) is 0 Å². The number of amides is 2. The Labute approximate surface area is 110 Å². The minimum atomic E-state index is -0.456. The lowest BCUT2D eigenvalue weighted by molar-refractivity contribution is -0.143. The number of fused-ring (bicyclic) bond motifs is 1. The third kappa shape index (κ3) is 2.29. The van der Waals surface area contributed by atoms with E-state index in [-0.39, 0.29) is 36.4 Å². The van der Waals surface area contributed by atoms with Gasteiger partial charge in [-0.15, -0.1) is 0 Å². The number of hydrogen-bond acceptors (Lipinski definition) is 5. The summed E-state index contributed by atoms with van der Waals surface area (Å²) in [7, 11) is 0. The second-order valence-electron chi connectivity index (χ2n) is 4.09. The molecule has 1 aromatic carbocycles. The molecule has 0 bridgehead atoms. The zero-order valence-corrected chi connectivity index (χ0v) is 10.5. The zero-order valence-electron chi connectivity index (χ0n) is 10.5. The molecular formula is C13H14N2O4. The second kappa shape index (κ2) is 5.09. The van der Waals surface area contributed by atoms with E-state index in [2.05, 4.69) is 0 Å². The van der Waals surface area contributed by atoms with Crippen LogP contribution in [0.4, 0.5) is 5.69 Å². The summed E-state index contributed by atoms with van der Waals surface area (Å²) in [5.74, 6) is -1.31. The van der Waals surface area contributed by atoms with Crippen LogP contribution in [0.25, 0.3) is 0 Å². The molecule has 0 saturated carbocycles. The number of carbonyl (C=O) groups is 3. The highest BCUT2D eigenvalue weighted by atomic mass is 16.5. The summed E-state index contributed by atoms with van der Waals surface area (Å²) in [6.07, 6.45) is -0.0147. The van der Waals surface area contributed by atoms with Crippen molar-refractivity contribution in [3.05, 3.63) is 29.3 Å². The first kappa shape index (κ1) is 13.1. The summed E-state index contributed by atoms with van der Waals surface area (Å²) < 4.78 is 4.76. The number of esters is 1. The van der Waals surface area contributed by atoms with Crippen LogP contribution in [-0.2, 0) is 9.53 Å². The molecule has 1 heterocycles. The molecule has 2 rings (SSSR count). The van der Waals surface area contributed by atoms with Crippen LogP contribution >= 0.6 is 0 Å². The van der Waals surface area contributed by atoms with E-state index in [1.165, 1.54) is 0 Å². The van der Waals surface area contributed by atoms with Crippen LogP contribution in [0.15, 0.2) is 18.2 Å². The van der Waals surface area contributed by atoms with Crippen molar-refractivity contribution in [3.8, 4) is 0 Å². The number of hydrogen-bond donors (Lipinski definition) is 1. The van der Waals surface area contributed by atoms with Crippen molar-refractivity contribution < 1.29 is 19.1 Å². The van der Waals surface area contributed by atoms with E-state index in [0.29, 0.717) is 0 Å². The van der Waals surface area contributed by atoms with Crippen LogP contribution in [0, 0.1) is 0 Å².